The Hall–Kier alpha value is -0.130. The van der Waals surface area contributed by atoms with Gasteiger partial charge in [0.05, 0.1) is 6.26 Å². The molecule has 0 radical (unpaired) electrons. The fraction of sp³-hybridized carbons (Fsp3) is 1.00. The van der Waals surface area contributed by atoms with Crippen molar-refractivity contribution in [2.75, 3.05) is 25.9 Å². The van der Waals surface area contributed by atoms with E-state index in [9.17, 15) is 8.42 Å². The molecule has 0 unspecified atom stereocenters. The van der Waals surface area contributed by atoms with Gasteiger partial charge in [-0.15, -0.1) is 0 Å². The number of hydrogen-bond donors (Lipinski definition) is 0. The molecule has 0 aromatic rings. The molecule has 96 valence electrons. The maximum absolute atomic E-state index is 11.5. The molecule has 1 heterocycles. The maximum atomic E-state index is 11.5. The highest BCUT2D eigenvalue weighted by atomic mass is 32.2. The van der Waals surface area contributed by atoms with Gasteiger partial charge in [-0.3, -0.25) is 4.90 Å². The van der Waals surface area contributed by atoms with E-state index in [2.05, 4.69) is 32.6 Å². The van der Waals surface area contributed by atoms with Gasteiger partial charge in [0.2, 0.25) is 10.0 Å². The van der Waals surface area contributed by atoms with Gasteiger partial charge in [0.25, 0.3) is 0 Å². The Bertz CT molecular complexity index is 315. The lowest BCUT2D eigenvalue weighted by molar-refractivity contribution is 0.0664. The molecule has 16 heavy (non-hydrogen) atoms. The van der Waals surface area contributed by atoms with Gasteiger partial charge in [-0.25, -0.2) is 8.42 Å². The van der Waals surface area contributed by atoms with E-state index in [1.54, 1.807) is 4.31 Å². The molecule has 5 heteroatoms. The van der Waals surface area contributed by atoms with E-state index < -0.39 is 10.0 Å². The van der Waals surface area contributed by atoms with Gasteiger partial charge in [-0.1, -0.05) is 13.8 Å². The zero-order chi connectivity index (χ0) is 12.5. The van der Waals surface area contributed by atoms with Crippen LogP contribution in [-0.2, 0) is 10.0 Å². The molecular weight excluding hydrogens is 224 g/mol. The molecule has 1 rings (SSSR count). The van der Waals surface area contributed by atoms with Crippen LogP contribution >= 0.6 is 0 Å². The van der Waals surface area contributed by atoms with Crippen molar-refractivity contribution < 1.29 is 8.42 Å². The van der Waals surface area contributed by atoms with Crippen molar-refractivity contribution in [1.82, 2.24) is 9.21 Å². The van der Waals surface area contributed by atoms with E-state index in [0.29, 0.717) is 31.1 Å². The minimum atomic E-state index is -3.04. The highest BCUT2D eigenvalue weighted by Crippen LogP contribution is 2.19. The fourth-order valence-electron chi connectivity index (χ4n) is 2.36. The molecule has 0 amide bonds. The minimum absolute atomic E-state index is 0.306. The van der Waals surface area contributed by atoms with Crippen LogP contribution in [0.2, 0.25) is 0 Å². The quantitative estimate of drug-likeness (QED) is 0.748. The molecule has 1 aliphatic rings. The lowest BCUT2D eigenvalue weighted by Gasteiger charge is -2.44. The van der Waals surface area contributed by atoms with Crippen molar-refractivity contribution in [3.63, 3.8) is 0 Å². The highest BCUT2D eigenvalue weighted by Gasteiger charge is 2.33. The van der Waals surface area contributed by atoms with Crippen molar-refractivity contribution in [3.05, 3.63) is 0 Å². The number of nitrogens with zero attached hydrogens (tertiary/aromatic N) is 2. The Kier molecular flexibility index (Phi) is 4.37. The van der Waals surface area contributed by atoms with Crippen LogP contribution in [0.4, 0.5) is 0 Å². The predicted octanol–water partition coefficient (Wildman–Crippen LogP) is 0.997. The molecular formula is C11H24N2O2S. The average molecular weight is 248 g/mol. The molecule has 0 aromatic heterocycles. The van der Waals surface area contributed by atoms with Crippen molar-refractivity contribution in [1.29, 1.82) is 0 Å². The van der Waals surface area contributed by atoms with Crippen LogP contribution in [-0.4, -0.2) is 55.6 Å². The summed E-state index contributed by atoms with van der Waals surface area (Å²) in [6, 6.07) is 0.613. The van der Waals surface area contributed by atoms with Crippen LogP contribution in [0.25, 0.3) is 0 Å². The lowest BCUT2D eigenvalue weighted by Crippen LogP contribution is -2.58. The van der Waals surface area contributed by atoms with Crippen molar-refractivity contribution in [2.45, 2.75) is 39.8 Å². The summed E-state index contributed by atoms with van der Waals surface area (Å²) in [5.41, 5.74) is 0. The van der Waals surface area contributed by atoms with E-state index in [4.69, 9.17) is 0 Å². The molecule has 0 N–H and O–H groups in total. The maximum Gasteiger partial charge on any atom is 0.211 e. The molecule has 1 fully saturated rings. The zero-order valence-electron chi connectivity index (χ0n) is 11.0. The van der Waals surface area contributed by atoms with E-state index in [-0.39, 0.29) is 0 Å². The summed E-state index contributed by atoms with van der Waals surface area (Å²) >= 11 is 0. The van der Waals surface area contributed by atoms with Crippen LogP contribution in [0.1, 0.15) is 27.7 Å². The summed E-state index contributed by atoms with van der Waals surface area (Å²) < 4.78 is 24.6. The van der Waals surface area contributed by atoms with E-state index >= 15 is 0 Å². The van der Waals surface area contributed by atoms with Gasteiger partial charge in [-0.2, -0.15) is 4.31 Å². The average Bonchev–Trinajstić information content (AvgIpc) is 2.09. The summed E-state index contributed by atoms with van der Waals surface area (Å²) in [5, 5.41) is 0. The molecule has 0 spiro atoms. The van der Waals surface area contributed by atoms with Gasteiger partial charge in [0.15, 0.2) is 0 Å². The molecule has 4 nitrogen and oxygen atoms in total. The smallest absolute Gasteiger partial charge is 0.211 e. The standard InChI is InChI=1S/C11H24N2O2S/c1-9(2)6-13-10(3)7-12(8-11(13)4)16(5,14)15/h9-11H,6-8H2,1-5H3/t10-,11+. The van der Waals surface area contributed by atoms with Crippen molar-refractivity contribution in [2.24, 2.45) is 5.92 Å². The van der Waals surface area contributed by atoms with E-state index in [0.717, 1.165) is 6.54 Å². The second-order valence-corrected chi connectivity index (χ2v) is 7.35. The van der Waals surface area contributed by atoms with Crippen LogP contribution in [0.15, 0.2) is 0 Å². The Labute approximate surface area is 99.7 Å². The molecule has 0 aliphatic carbocycles. The number of sulfonamides is 1. The topological polar surface area (TPSA) is 40.6 Å². The first-order valence-corrected chi connectivity index (χ1v) is 7.77. The van der Waals surface area contributed by atoms with Crippen molar-refractivity contribution in [3.8, 4) is 0 Å². The molecule has 1 aliphatic heterocycles. The first-order chi connectivity index (χ1) is 7.21. The Morgan fingerprint density at radius 2 is 1.62 bits per heavy atom. The third-order valence-electron chi connectivity index (χ3n) is 3.11. The van der Waals surface area contributed by atoms with Crippen molar-refractivity contribution >= 4 is 10.0 Å². The third-order valence-corrected chi connectivity index (χ3v) is 4.35. The summed E-state index contributed by atoms with van der Waals surface area (Å²) in [7, 11) is -3.04. The molecule has 1 saturated heterocycles. The summed E-state index contributed by atoms with van der Waals surface area (Å²) in [6.07, 6.45) is 1.30. The SMILES string of the molecule is CC(C)CN1[C@H](C)CN(S(C)(=O)=O)C[C@@H]1C. The number of rotatable bonds is 3. The summed E-state index contributed by atoms with van der Waals surface area (Å²) in [6.45, 7) is 10.9. The van der Waals surface area contributed by atoms with Gasteiger partial charge < -0.3 is 0 Å². The normalized spacial score (nSPS) is 29.9. The Morgan fingerprint density at radius 3 is 1.94 bits per heavy atom. The monoisotopic (exact) mass is 248 g/mol. The fourth-order valence-corrected chi connectivity index (χ4v) is 3.33. The largest absolute Gasteiger partial charge is 0.295 e. The molecule has 2 atom stereocenters. The Morgan fingerprint density at radius 1 is 1.19 bits per heavy atom. The summed E-state index contributed by atoms with van der Waals surface area (Å²) in [5.74, 6) is 0.620. The second kappa shape index (κ2) is 5.02. The predicted molar refractivity (Wildman–Crippen MR) is 66.9 cm³/mol. The minimum Gasteiger partial charge on any atom is -0.295 e. The van der Waals surface area contributed by atoms with Crippen LogP contribution < -0.4 is 0 Å². The van der Waals surface area contributed by atoms with Gasteiger partial charge in [-0.05, 0) is 19.8 Å². The van der Waals surface area contributed by atoms with Crippen LogP contribution in [0, 0.1) is 5.92 Å². The molecule has 0 saturated carbocycles. The van der Waals surface area contributed by atoms with Gasteiger partial charge in [0, 0.05) is 31.7 Å². The second-order valence-electron chi connectivity index (χ2n) is 5.37. The number of hydrogen-bond acceptors (Lipinski definition) is 3. The summed E-state index contributed by atoms with van der Waals surface area (Å²) in [4.78, 5) is 2.41. The Balaban J connectivity index is 2.71. The van der Waals surface area contributed by atoms with E-state index in [1.807, 2.05) is 0 Å². The third kappa shape index (κ3) is 3.43. The highest BCUT2D eigenvalue weighted by molar-refractivity contribution is 7.88. The molecule has 0 aromatic carbocycles. The van der Waals surface area contributed by atoms with Crippen LogP contribution in [0.3, 0.4) is 0 Å². The van der Waals surface area contributed by atoms with Gasteiger partial charge in [0.1, 0.15) is 0 Å². The van der Waals surface area contributed by atoms with Gasteiger partial charge >= 0.3 is 0 Å². The first-order valence-electron chi connectivity index (χ1n) is 5.92. The van der Waals surface area contributed by atoms with E-state index in [1.165, 1.54) is 6.26 Å². The number of piperazine rings is 1. The lowest BCUT2D eigenvalue weighted by atomic mass is 10.1. The van der Waals surface area contributed by atoms with Crippen LogP contribution in [0.5, 0.6) is 0 Å². The zero-order valence-corrected chi connectivity index (χ0v) is 11.8. The molecule has 0 bridgehead atoms. The first kappa shape index (κ1) is 13.9.